The Balaban J connectivity index is 2.36. The number of aromatic amines is 1. The summed E-state index contributed by atoms with van der Waals surface area (Å²) in [6.45, 7) is -0.276. The largest absolute Gasteiger partial charge is 0.390 e. The molecule has 0 saturated carbocycles. The van der Waals surface area contributed by atoms with Crippen molar-refractivity contribution in [2.45, 2.75) is 31.8 Å². The Morgan fingerprint density at radius 2 is 2.31 bits per heavy atom. The second-order valence-electron chi connectivity index (χ2n) is 3.32. The Bertz CT molecular complexity index is 308. The van der Waals surface area contributed by atoms with Crippen molar-refractivity contribution in [3.63, 3.8) is 0 Å². The first-order valence-electron chi connectivity index (χ1n) is 4.16. The summed E-state index contributed by atoms with van der Waals surface area (Å²) in [5.74, 6) is -2.64. The van der Waals surface area contributed by atoms with Crippen LogP contribution in [-0.4, -0.2) is 21.2 Å². The quantitative estimate of drug-likeness (QED) is 0.691. The molecule has 13 heavy (non-hydrogen) atoms. The zero-order chi connectivity index (χ0) is 9.47. The van der Waals surface area contributed by atoms with Crippen molar-refractivity contribution < 1.29 is 13.9 Å². The molecule has 2 N–H and O–H groups in total. The molecule has 0 fully saturated rings. The van der Waals surface area contributed by atoms with Gasteiger partial charge in [0.15, 0.2) is 0 Å². The number of hydrogen-bond acceptors (Lipinski definition) is 2. The lowest BCUT2D eigenvalue weighted by atomic mass is 9.93. The molecule has 0 bridgehead atoms. The molecule has 0 unspecified atom stereocenters. The van der Waals surface area contributed by atoms with Crippen LogP contribution in [0.4, 0.5) is 8.78 Å². The van der Waals surface area contributed by atoms with Crippen molar-refractivity contribution >= 4 is 0 Å². The second kappa shape index (κ2) is 2.77. The molecule has 0 aliphatic heterocycles. The van der Waals surface area contributed by atoms with Crippen LogP contribution in [0.25, 0.3) is 0 Å². The van der Waals surface area contributed by atoms with E-state index in [4.69, 9.17) is 5.11 Å². The number of H-pyrrole nitrogens is 1. The predicted octanol–water partition coefficient (Wildman–Crippen LogP) is 1.03. The van der Waals surface area contributed by atoms with Gasteiger partial charge in [0, 0.05) is 24.1 Å². The summed E-state index contributed by atoms with van der Waals surface area (Å²) in [6, 6.07) is 0. The smallest absolute Gasteiger partial charge is 0.252 e. The van der Waals surface area contributed by atoms with Crippen LogP contribution in [0.3, 0.4) is 0 Å². The first-order valence-corrected chi connectivity index (χ1v) is 4.16. The van der Waals surface area contributed by atoms with Gasteiger partial charge in [-0.2, -0.15) is 5.10 Å². The van der Waals surface area contributed by atoms with Crippen LogP contribution < -0.4 is 0 Å². The normalized spacial score (nSPS) is 19.9. The molecule has 1 heterocycles. The Labute approximate surface area is 73.8 Å². The zero-order valence-electron chi connectivity index (χ0n) is 6.98. The molecule has 5 heteroatoms. The summed E-state index contributed by atoms with van der Waals surface area (Å²) in [6.07, 6.45) is -0.114. The first kappa shape index (κ1) is 8.62. The van der Waals surface area contributed by atoms with Gasteiger partial charge in [0.2, 0.25) is 0 Å². The molecule has 0 saturated heterocycles. The van der Waals surface area contributed by atoms with E-state index in [9.17, 15) is 8.78 Å². The van der Waals surface area contributed by atoms with Gasteiger partial charge in [-0.05, 0) is 6.42 Å². The van der Waals surface area contributed by atoms with Gasteiger partial charge in [-0.3, -0.25) is 5.10 Å². The summed E-state index contributed by atoms with van der Waals surface area (Å²) in [4.78, 5) is 0. The minimum Gasteiger partial charge on any atom is -0.390 e. The third-order valence-electron chi connectivity index (χ3n) is 2.36. The summed E-state index contributed by atoms with van der Waals surface area (Å²) >= 11 is 0. The van der Waals surface area contributed by atoms with Gasteiger partial charge in [-0.25, -0.2) is 8.78 Å². The Morgan fingerprint density at radius 3 is 3.00 bits per heavy atom. The fourth-order valence-electron chi connectivity index (χ4n) is 1.65. The van der Waals surface area contributed by atoms with Gasteiger partial charge >= 0.3 is 0 Å². The standard InChI is InChI=1S/C8H10F2N2O/c9-8(10)2-1-6-5(3-8)7(4-13)12-11-6/h13H,1-4H2,(H,11,12). The average Bonchev–Trinajstić information content (AvgIpc) is 2.44. The molecular weight excluding hydrogens is 178 g/mol. The number of aliphatic hydroxyl groups excluding tert-OH is 1. The third-order valence-corrected chi connectivity index (χ3v) is 2.36. The van der Waals surface area contributed by atoms with Gasteiger partial charge in [-0.1, -0.05) is 0 Å². The Hall–Kier alpha value is -0.970. The van der Waals surface area contributed by atoms with Crippen molar-refractivity contribution in [1.29, 1.82) is 0 Å². The molecule has 1 aliphatic carbocycles. The first-order chi connectivity index (χ1) is 6.12. The van der Waals surface area contributed by atoms with Gasteiger partial charge in [0.25, 0.3) is 5.92 Å². The maximum atomic E-state index is 13.0. The number of nitrogens with zero attached hydrogens (tertiary/aromatic N) is 1. The zero-order valence-corrected chi connectivity index (χ0v) is 6.98. The monoisotopic (exact) mass is 188 g/mol. The summed E-state index contributed by atoms with van der Waals surface area (Å²) in [7, 11) is 0. The molecule has 0 spiro atoms. The van der Waals surface area contributed by atoms with Gasteiger partial charge < -0.3 is 5.11 Å². The molecule has 1 aromatic rings. The van der Waals surface area contributed by atoms with Crippen LogP contribution in [-0.2, 0) is 19.4 Å². The van der Waals surface area contributed by atoms with E-state index in [0.29, 0.717) is 17.7 Å². The highest BCUT2D eigenvalue weighted by Gasteiger charge is 2.36. The highest BCUT2D eigenvalue weighted by Crippen LogP contribution is 2.33. The lowest BCUT2D eigenvalue weighted by Crippen LogP contribution is -2.26. The molecule has 2 rings (SSSR count). The van der Waals surface area contributed by atoms with Gasteiger partial charge in [0.05, 0.1) is 12.3 Å². The molecule has 0 radical (unpaired) electrons. The molecule has 0 amide bonds. The van der Waals surface area contributed by atoms with Crippen LogP contribution >= 0.6 is 0 Å². The predicted molar refractivity (Wildman–Crippen MR) is 41.5 cm³/mol. The van der Waals surface area contributed by atoms with Crippen LogP contribution in [0.1, 0.15) is 23.4 Å². The lowest BCUT2D eigenvalue weighted by Gasteiger charge is -2.21. The van der Waals surface area contributed by atoms with Gasteiger partial charge in [0.1, 0.15) is 0 Å². The number of alkyl halides is 2. The number of aromatic nitrogens is 2. The molecule has 72 valence electrons. The third kappa shape index (κ3) is 1.44. The molecule has 1 aliphatic rings. The summed E-state index contributed by atoms with van der Waals surface area (Å²) < 4.78 is 25.9. The van der Waals surface area contributed by atoms with E-state index in [1.54, 1.807) is 0 Å². The number of halogens is 2. The average molecular weight is 188 g/mol. The van der Waals surface area contributed by atoms with E-state index in [1.165, 1.54) is 0 Å². The van der Waals surface area contributed by atoms with E-state index in [2.05, 4.69) is 10.2 Å². The number of fused-ring (bicyclic) bond motifs is 1. The Kier molecular flexibility index (Phi) is 1.83. The van der Waals surface area contributed by atoms with Crippen LogP contribution in [0.2, 0.25) is 0 Å². The maximum absolute atomic E-state index is 13.0. The number of hydrogen-bond donors (Lipinski definition) is 2. The highest BCUT2D eigenvalue weighted by molar-refractivity contribution is 5.29. The molecule has 0 aromatic carbocycles. The summed E-state index contributed by atoms with van der Waals surface area (Å²) in [5.41, 5.74) is 1.60. The topological polar surface area (TPSA) is 48.9 Å². The number of nitrogens with one attached hydrogen (secondary N) is 1. The van der Waals surface area contributed by atoms with Crippen molar-refractivity contribution in [3.05, 3.63) is 17.0 Å². The van der Waals surface area contributed by atoms with E-state index in [0.717, 1.165) is 5.69 Å². The minimum absolute atomic E-state index is 0.132. The van der Waals surface area contributed by atoms with Crippen LogP contribution in [0.5, 0.6) is 0 Å². The molecule has 3 nitrogen and oxygen atoms in total. The maximum Gasteiger partial charge on any atom is 0.252 e. The summed E-state index contributed by atoms with van der Waals surface area (Å²) in [5, 5.41) is 15.3. The molecule has 1 aromatic heterocycles. The van der Waals surface area contributed by atoms with Crippen LogP contribution in [0.15, 0.2) is 0 Å². The van der Waals surface area contributed by atoms with Crippen molar-refractivity contribution in [3.8, 4) is 0 Å². The molecular formula is C8H10F2N2O. The lowest BCUT2D eigenvalue weighted by molar-refractivity contribution is -0.0128. The highest BCUT2D eigenvalue weighted by atomic mass is 19.3. The van der Waals surface area contributed by atoms with Crippen molar-refractivity contribution in [2.24, 2.45) is 0 Å². The SMILES string of the molecule is OCc1n[nH]c2c1CC(F)(F)CC2. The fraction of sp³-hybridized carbons (Fsp3) is 0.625. The number of aryl methyl sites for hydroxylation is 1. The fourth-order valence-corrected chi connectivity index (χ4v) is 1.65. The van der Waals surface area contributed by atoms with E-state index >= 15 is 0 Å². The van der Waals surface area contributed by atoms with Crippen molar-refractivity contribution in [1.82, 2.24) is 10.2 Å². The van der Waals surface area contributed by atoms with E-state index in [1.807, 2.05) is 0 Å². The van der Waals surface area contributed by atoms with E-state index < -0.39 is 5.92 Å². The van der Waals surface area contributed by atoms with Crippen LogP contribution in [0, 0.1) is 0 Å². The number of aliphatic hydroxyl groups is 1. The van der Waals surface area contributed by atoms with Crippen molar-refractivity contribution in [2.75, 3.05) is 0 Å². The second-order valence-corrected chi connectivity index (χ2v) is 3.32. The van der Waals surface area contributed by atoms with E-state index in [-0.39, 0.29) is 19.4 Å². The number of rotatable bonds is 1. The molecule has 0 atom stereocenters. The minimum atomic E-state index is -2.64. The Morgan fingerprint density at radius 1 is 1.54 bits per heavy atom. The van der Waals surface area contributed by atoms with Gasteiger partial charge in [-0.15, -0.1) is 0 Å².